The quantitative estimate of drug-likeness (QED) is 0.468. The molecule has 0 bridgehead atoms. The Labute approximate surface area is 106 Å². The second-order valence-electron chi connectivity index (χ2n) is 4.68. The summed E-state index contributed by atoms with van der Waals surface area (Å²) < 4.78 is 0. The second kappa shape index (κ2) is 6.26. The van der Waals surface area contributed by atoms with Crippen molar-refractivity contribution in [1.29, 1.82) is 0 Å². The summed E-state index contributed by atoms with van der Waals surface area (Å²) in [6, 6.07) is 9.57. The molecule has 1 heterocycles. The third kappa shape index (κ3) is 3.28. The maximum absolute atomic E-state index is 9.95. The van der Waals surface area contributed by atoms with Crippen molar-refractivity contribution in [3.63, 3.8) is 0 Å². The van der Waals surface area contributed by atoms with E-state index in [1.807, 2.05) is 30.3 Å². The van der Waals surface area contributed by atoms with Gasteiger partial charge in [0.25, 0.3) is 0 Å². The van der Waals surface area contributed by atoms with Gasteiger partial charge in [-0.15, -0.1) is 0 Å². The number of benzene rings is 1. The van der Waals surface area contributed by atoms with Crippen molar-refractivity contribution in [3.05, 3.63) is 35.9 Å². The average Bonchev–Trinajstić information content (AvgIpc) is 2.52. The number of hydrogen-bond acceptors (Lipinski definition) is 5. The molecule has 0 unspecified atom stereocenters. The molecule has 5 nitrogen and oxygen atoms in total. The van der Waals surface area contributed by atoms with Crippen LogP contribution in [0.25, 0.3) is 0 Å². The molecule has 1 aliphatic heterocycles. The molecular weight excluding hydrogens is 232 g/mol. The number of nitrogens with one attached hydrogen (secondary N) is 2. The summed E-state index contributed by atoms with van der Waals surface area (Å²) in [5, 5.41) is 35.4. The van der Waals surface area contributed by atoms with E-state index in [-0.39, 0.29) is 6.04 Å². The average molecular weight is 252 g/mol. The molecule has 5 heteroatoms. The van der Waals surface area contributed by atoms with E-state index in [9.17, 15) is 15.3 Å². The van der Waals surface area contributed by atoms with Crippen molar-refractivity contribution < 1.29 is 15.3 Å². The van der Waals surface area contributed by atoms with Crippen LogP contribution in [-0.2, 0) is 6.54 Å². The van der Waals surface area contributed by atoms with Crippen LogP contribution in [0.3, 0.4) is 0 Å². The zero-order valence-electron chi connectivity index (χ0n) is 10.2. The van der Waals surface area contributed by atoms with Crippen molar-refractivity contribution in [1.82, 2.24) is 10.6 Å². The van der Waals surface area contributed by atoms with Gasteiger partial charge in [0.2, 0.25) is 0 Å². The van der Waals surface area contributed by atoms with Crippen LogP contribution < -0.4 is 10.6 Å². The highest BCUT2D eigenvalue weighted by atomic mass is 16.4. The molecule has 18 heavy (non-hydrogen) atoms. The molecule has 1 aromatic rings. The summed E-state index contributed by atoms with van der Waals surface area (Å²) in [5.74, 6) is 0. The van der Waals surface area contributed by atoms with E-state index in [0.29, 0.717) is 19.6 Å². The normalized spacial score (nSPS) is 33.1. The molecule has 0 amide bonds. The van der Waals surface area contributed by atoms with Crippen molar-refractivity contribution in [2.45, 2.75) is 30.9 Å². The third-order valence-corrected chi connectivity index (χ3v) is 3.29. The largest absolute Gasteiger partial charge is 0.389 e. The molecule has 2 rings (SSSR count). The van der Waals surface area contributed by atoms with Gasteiger partial charge in [-0.2, -0.15) is 0 Å². The highest BCUT2D eigenvalue weighted by molar-refractivity contribution is 5.14. The van der Waals surface area contributed by atoms with Gasteiger partial charge in [0.1, 0.15) is 6.10 Å². The van der Waals surface area contributed by atoms with Crippen LogP contribution in [0.15, 0.2) is 30.3 Å². The zero-order valence-corrected chi connectivity index (χ0v) is 10.2. The Kier molecular flexibility index (Phi) is 4.68. The van der Waals surface area contributed by atoms with E-state index in [1.54, 1.807) is 0 Å². The minimum absolute atomic E-state index is 0.280. The van der Waals surface area contributed by atoms with Crippen molar-refractivity contribution in [2.75, 3.05) is 13.1 Å². The Bertz CT molecular complexity index is 361. The Morgan fingerprint density at radius 3 is 2.50 bits per heavy atom. The number of aliphatic hydroxyl groups excluding tert-OH is 3. The van der Waals surface area contributed by atoms with E-state index in [2.05, 4.69) is 10.6 Å². The van der Waals surface area contributed by atoms with E-state index >= 15 is 0 Å². The first-order valence-electron chi connectivity index (χ1n) is 6.20. The van der Waals surface area contributed by atoms with Crippen molar-refractivity contribution >= 4 is 0 Å². The van der Waals surface area contributed by atoms with E-state index < -0.39 is 18.3 Å². The first kappa shape index (κ1) is 13.5. The molecule has 0 saturated carbocycles. The predicted molar refractivity (Wildman–Crippen MR) is 68.0 cm³/mol. The van der Waals surface area contributed by atoms with Crippen LogP contribution in [0.4, 0.5) is 0 Å². The van der Waals surface area contributed by atoms with Crippen LogP contribution in [0.5, 0.6) is 0 Å². The van der Waals surface area contributed by atoms with Gasteiger partial charge in [-0.05, 0) is 5.56 Å². The molecule has 0 spiro atoms. The van der Waals surface area contributed by atoms with Gasteiger partial charge in [-0.25, -0.2) is 0 Å². The number of aliphatic hydroxyl groups is 3. The fraction of sp³-hybridized carbons (Fsp3) is 0.538. The van der Waals surface area contributed by atoms with Crippen molar-refractivity contribution in [3.8, 4) is 0 Å². The first-order valence-corrected chi connectivity index (χ1v) is 6.20. The molecule has 1 fully saturated rings. The second-order valence-corrected chi connectivity index (χ2v) is 4.68. The minimum Gasteiger partial charge on any atom is -0.389 e. The highest BCUT2D eigenvalue weighted by Crippen LogP contribution is 2.09. The van der Waals surface area contributed by atoms with Crippen molar-refractivity contribution in [2.24, 2.45) is 0 Å². The summed E-state index contributed by atoms with van der Waals surface area (Å²) >= 11 is 0. The number of rotatable bonds is 3. The smallest absolute Gasteiger partial charge is 0.109 e. The topological polar surface area (TPSA) is 84.8 Å². The molecule has 1 aliphatic rings. The number of hydrogen-bond donors (Lipinski definition) is 5. The van der Waals surface area contributed by atoms with Gasteiger partial charge in [-0.1, -0.05) is 30.3 Å². The van der Waals surface area contributed by atoms with Gasteiger partial charge >= 0.3 is 0 Å². The van der Waals surface area contributed by atoms with Gasteiger partial charge < -0.3 is 26.0 Å². The summed E-state index contributed by atoms with van der Waals surface area (Å²) in [7, 11) is 0. The predicted octanol–water partition coefficient (Wildman–Crippen LogP) is -1.17. The lowest BCUT2D eigenvalue weighted by Crippen LogP contribution is -2.50. The summed E-state index contributed by atoms with van der Waals surface area (Å²) in [4.78, 5) is 0. The monoisotopic (exact) mass is 252 g/mol. The molecule has 1 saturated heterocycles. The summed E-state index contributed by atoms with van der Waals surface area (Å²) in [6.45, 7) is 1.43. The lowest BCUT2D eigenvalue weighted by Gasteiger charge is -2.26. The van der Waals surface area contributed by atoms with E-state index in [0.717, 1.165) is 5.56 Å². The van der Waals surface area contributed by atoms with Gasteiger partial charge in [0, 0.05) is 25.7 Å². The standard InChI is InChI=1S/C13H20N2O3/c16-11-8-14-7-10(12(17)13(11)18)15-6-9-4-2-1-3-5-9/h1-5,10-18H,6-8H2/t10-,11+,12+,13+/m0/s1. The van der Waals surface area contributed by atoms with Crippen LogP contribution >= 0.6 is 0 Å². The lowest BCUT2D eigenvalue weighted by molar-refractivity contribution is -0.0598. The molecule has 100 valence electrons. The van der Waals surface area contributed by atoms with Gasteiger partial charge in [-0.3, -0.25) is 0 Å². The Morgan fingerprint density at radius 2 is 1.78 bits per heavy atom. The van der Waals surface area contributed by atoms with E-state index in [1.165, 1.54) is 0 Å². The third-order valence-electron chi connectivity index (χ3n) is 3.29. The fourth-order valence-corrected chi connectivity index (χ4v) is 2.13. The Hall–Kier alpha value is -0.980. The van der Waals surface area contributed by atoms with Crippen LogP contribution in [-0.4, -0.2) is 52.8 Å². The van der Waals surface area contributed by atoms with Gasteiger partial charge in [0.05, 0.1) is 12.2 Å². The zero-order chi connectivity index (χ0) is 13.0. The van der Waals surface area contributed by atoms with Crippen LogP contribution in [0.1, 0.15) is 5.56 Å². The summed E-state index contributed by atoms with van der Waals surface area (Å²) in [6.07, 6.45) is -3.02. The van der Waals surface area contributed by atoms with E-state index in [4.69, 9.17) is 0 Å². The Morgan fingerprint density at radius 1 is 1.06 bits per heavy atom. The number of β-amino-alcohol motifs (C(OH)–C–C–N with tert-alkyl or cyclic N) is 1. The summed E-state index contributed by atoms with van der Waals surface area (Å²) in [5.41, 5.74) is 1.11. The highest BCUT2D eigenvalue weighted by Gasteiger charge is 2.33. The molecule has 0 aromatic heterocycles. The first-order chi connectivity index (χ1) is 8.68. The SMILES string of the molecule is O[C@H]1[C@H](O)[C@@H](NCc2ccccc2)CNC[C@H]1O. The van der Waals surface area contributed by atoms with Crippen LogP contribution in [0.2, 0.25) is 0 Å². The van der Waals surface area contributed by atoms with Crippen LogP contribution in [0, 0.1) is 0 Å². The molecule has 5 N–H and O–H groups in total. The molecule has 1 aromatic carbocycles. The maximum Gasteiger partial charge on any atom is 0.109 e. The fourth-order valence-electron chi connectivity index (χ4n) is 2.13. The molecule has 0 aliphatic carbocycles. The molecule has 0 radical (unpaired) electrons. The Balaban J connectivity index is 1.92. The molecular formula is C13H20N2O3. The minimum atomic E-state index is -1.12. The van der Waals surface area contributed by atoms with Gasteiger partial charge in [0.15, 0.2) is 0 Å². The molecule has 4 atom stereocenters. The lowest BCUT2D eigenvalue weighted by atomic mass is 10.0. The maximum atomic E-state index is 9.95.